The first-order chi connectivity index (χ1) is 11.2. The molecule has 2 unspecified atom stereocenters. The van der Waals surface area contributed by atoms with Crippen molar-refractivity contribution in [1.29, 1.82) is 0 Å². The molecule has 23 heavy (non-hydrogen) atoms. The van der Waals surface area contributed by atoms with Crippen LogP contribution in [0.5, 0.6) is 0 Å². The molecule has 2 atom stereocenters. The number of ether oxygens (including phenoxy) is 1. The molecule has 0 saturated heterocycles. The molecule has 0 N–H and O–H groups in total. The number of hydrogen-bond acceptors (Lipinski definition) is 5. The van der Waals surface area contributed by atoms with Gasteiger partial charge in [-0.1, -0.05) is 12.1 Å². The largest absolute Gasteiger partial charge is 0.465 e. The zero-order valence-electron chi connectivity index (χ0n) is 12.3. The van der Waals surface area contributed by atoms with Crippen molar-refractivity contribution in [3.63, 3.8) is 0 Å². The fourth-order valence-electron chi connectivity index (χ4n) is 2.98. The van der Waals surface area contributed by atoms with Crippen molar-refractivity contribution in [2.45, 2.75) is 18.3 Å². The standard InChI is InChI=1S/C17H13ClN2O2S/c1-22-16(21)10-4-2-9(3-5-10)12-8-13(12)14-11-6-7-23-15(11)20-17(18)19-14/h2-7,12-13H,8H2,1H3. The van der Waals surface area contributed by atoms with Crippen molar-refractivity contribution in [2.24, 2.45) is 0 Å². The summed E-state index contributed by atoms with van der Waals surface area (Å²) in [6.07, 6.45) is 1.04. The SMILES string of the molecule is COC(=O)c1ccc(C2CC2c2nc(Cl)nc3sccc23)cc1. The van der Waals surface area contributed by atoms with Crippen LogP contribution in [-0.4, -0.2) is 23.0 Å². The van der Waals surface area contributed by atoms with Crippen LogP contribution < -0.4 is 0 Å². The number of rotatable bonds is 3. The highest BCUT2D eigenvalue weighted by Crippen LogP contribution is 2.55. The molecule has 1 aliphatic carbocycles. The Balaban J connectivity index is 1.62. The van der Waals surface area contributed by atoms with Gasteiger partial charge in [-0.15, -0.1) is 11.3 Å². The number of halogens is 1. The first-order valence-corrected chi connectivity index (χ1v) is 8.52. The summed E-state index contributed by atoms with van der Waals surface area (Å²) >= 11 is 7.63. The number of carbonyl (C=O) groups is 1. The smallest absolute Gasteiger partial charge is 0.337 e. The highest BCUT2D eigenvalue weighted by atomic mass is 35.5. The fraction of sp³-hybridized carbons (Fsp3) is 0.235. The maximum Gasteiger partial charge on any atom is 0.337 e. The van der Waals surface area contributed by atoms with Gasteiger partial charge in [0.25, 0.3) is 0 Å². The number of carbonyl (C=O) groups excluding carboxylic acids is 1. The van der Waals surface area contributed by atoms with Crippen LogP contribution in [0.4, 0.5) is 0 Å². The van der Waals surface area contributed by atoms with E-state index in [2.05, 4.69) is 16.0 Å². The predicted octanol–water partition coefficient (Wildman–Crippen LogP) is 4.40. The second-order valence-electron chi connectivity index (χ2n) is 5.58. The van der Waals surface area contributed by atoms with Crippen LogP contribution in [0.15, 0.2) is 35.7 Å². The molecule has 2 aromatic heterocycles. The second-order valence-corrected chi connectivity index (χ2v) is 6.81. The van der Waals surface area contributed by atoms with E-state index >= 15 is 0 Å². The van der Waals surface area contributed by atoms with Crippen molar-refractivity contribution in [1.82, 2.24) is 9.97 Å². The van der Waals surface area contributed by atoms with Crippen molar-refractivity contribution in [2.75, 3.05) is 7.11 Å². The van der Waals surface area contributed by atoms with Gasteiger partial charge in [-0.25, -0.2) is 14.8 Å². The van der Waals surface area contributed by atoms with Gasteiger partial charge in [-0.05, 0) is 53.1 Å². The third-order valence-electron chi connectivity index (χ3n) is 4.23. The van der Waals surface area contributed by atoms with E-state index in [1.54, 1.807) is 11.3 Å². The summed E-state index contributed by atoms with van der Waals surface area (Å²) in [4.78, 5) is 21.2. The van der Waals surface area contributed by atoms with Gasteiger partial charge in [0.05, 0.1) is 18.4 Å². The molecule has 1 aliphatic rings. The van der Waals surface area contributed by atoms with Gasteiger partial charge in [-0.2, -0.15) is 0 Å². The minimum Gasteiger partial charge on any atom is -0.465 e. The molecule has 0 aliphatic heterocycles. The normalized spacial score (nSPS) is 19.7. The zero-order chi connectivity index (χ0) is 16.0. The summed E-state index contributed by atoms with van der Waals surface area (Å²) in [5, 5.41) is 3.42. The summed E-state index contributed by atoms with van der Waals surface area (Å²) < 4.78 is 4.73. The fourth-order valence-corrected chi connectivity index (χ4v) is 3.98. The lowest BCUT2D eigenvalue weighted by molar-refractivity contribution is 0.0600. The van der Waals surface area contributed by atoms with Crippen LogP contribution in [0, 0.1) is 0 Å². The molecule has 0 spiro atoms. The van der Waals surface area contributed by atoms with Gasteiger partial charge in [0, 0.05) is 11.3 Å². The highest BCUT2D eigenvalue weighted by Gasteiger charge is 2.42. The Labute approximate surface area is 142 Å². The Morgan fingerprint density at radius 2 is 2.00 bits per heavy atom. The van der Waals surface area contributed by atoms with Crippen LogP contribution in [0.3, 0.4) is 0 Å². The number of nitrogens with zero attached hydrogens (tertiary/aromatic N) is 2. The monoisotopic (exact) mass is 344 g/mol. The van der Waals surface area contributed by atoms with E-state index < -0.39 is 0 Å². The Morgan fingerprint density at radius 3 is 2.74 bits per heavy atom. The molecule has 4 nitrogen and oxygen atoms in total. The lowest BCUT2D eigenvalue weighted by atomic mass is 10.0. The van der Waals surface area contributed by atoms with E-state index in [0.717, 1.165) is 22.3 Å². The van der Waals surface area contributed by atoms with E-state index in [9.17, 15) is 4.79 Å². The van der Waals surface area contributed by atoms with Crippen LogP contribution in [0.25, 0.3) is 10.2 Å². The van der Waals surface area contributed by atoms with E-state index in [1.807, 2.05) is 29.6 Å². The molecule has 0 bridgehead atoms. The van der Waals surface area contributed by atoms with Gasteiger partial charge in [0.1, 0.15) is 4.83 Å². The summed E-state index contributed by atoms with van der Waals surface area (Å²) in [7, 11) is 1.39. The molecular weight excluding hydrogens is 332 g/mol. The topological polar surface area (TPSA) is 52.1 Å². The first-order valence-electron chi connectivity index (χ1n) is 7.26. The molecule has 1 fully saturated rings. The van der Waals surface area contributed by atoms with E-state index in [1.165, 1.54) is 12.7 Å². The summed E-state index contributed by atoms with van der Waals surface area (Å²) in [5.41, 5.74) is 2.81. The number of thiophene rings is 1. The molecule has 2 heterocycles. The van der Waals surface area contributed by atoms with E-state index in [4.69, 9.17) is 16.3 Å². The average Bonchev–Trinajstić information content (AvgIpc) is 3.23. The molecule has 1 saturated carbocycles. The maximum atomic E-state index is 11.5. The second kappa shape index (κ2) is 5.58. The highest BCUT2D eigenvalue weighted by molar-refractivity contribution is 7.16. The lowest BCUT2D eigenvalue weighted by Crippen LogP contribution is -2.00. The summed E-state index contributed by atoms with van der Waals surface area (Å²) in [6, 6.07) is 9.66. The van der Waals surface area contributed by atoms with Crippen molar-refractivity contribution >= 4 is 39.1 Å². The quantitative estimate of drug-likeness (QED) is 0.522. The van der Waals surface area contributed by atoms with Crippen molar-refractivity contribution in [3.8, 4) is 0 Å². The predicted molar refractivity (Wildman–Crippen MR) is 90.3 cm³/mol. The van der Waals surface area contributed by atoms with Gasteiger partial charge in [0.15, 0.2) is 0 Å². The Bertz CT molecular complexity index is 891. The molecule has 1 aromatic carbocycles. The van der Waals surface area contributed by atoms with Gasteiger partial charge >= 0.3 is 5.97 Å². The first kappa shape index (κ1) is 14.6. The van der Waals surface area contributed by atoms with Gasteiger partial charge < -0.3 is 4.74 Å². The summed E-state index contributed by atoms with van der Waals surface area (Å²) in [6.45, 7) is 0. The maximum absolute atomic E-state index is 11.5. The van der Waals surface area contributed by atoms with Crippen LogP contribution in [0.2, 0.25) is 5.28 Å². The average molecular weight is 345 g/mol. The molecule has 3 aromatic rings. The number of hydrogen-bond donors (Lipinski definition) is 0. The summed E-state index contributed by atoms with van der Waals surface area (Å²) in [5.74, 6) is 0.457. The molecule has 4 rings (SSSR count). The Kier molecular flexibility index (Phi) is 3.54. The van der Waals surface area contributed by atoms with Crippen LogP contribution >= 0.6 is 22.9 Å². The Morgan fingerprint density at radius 1 is 1.22 bits per heavy atom. The van der Waals surface area contributed by atoms with Gasteiger partial charge in [0.2, 0.25) is 5.28 Å². The number of methoxy groups -OCH3 is 1. The van der Waals surface area contributed by atoms with Crippen LogP contribution in [0.1, 0.15) is 39.9 Å². The van der Waals surface area contributed by atoms with Crippen molar-refractivity contribution in [3.05, 3.63) is 57.8 Å². The van der Waals surface area contributed by atoms with E-state index in [-0.39, 0.29) is 5.97 Å². The number of fused-ring (bicyclic) bond motifs is 1. The lowest BCUT2D eigenvalue weighted by Gasteiger charge is -2.04. The van der Waals surface area contributed by atoms with Crippen LogP contribution in [-0.2, 0) is 4.74 Å². The number of benzene rings is 1. The van der Waals surface area contributed by atoms with Gasteiger partial charge in [-0.3, -0.25) is 0 Å². The Hall–Kier alpha value is -1.98. The minimum absolute atomic E-state index is 0.307. The minimum atomic E-state index is -0.313. The molecular formula is C17H13ClN2O2S. The molecule has 116 valence electrons. The molecule has 6 heteroatoms. The number of esters is 1. The molecule has 0 radical (unpaired) electrons. The van der Waals surface area contributed by atoms with E-state index in [0.29, 0.717) is 22.7 Å². The van der Waals surface area contributed by atoms with Crippen molar-refractivity contribution < 1.29 is 9.53 Å². The third kappa shape index (κ3) is 2.60. The zero-order valence-corrected chi connectivity index (χ0v) is 13.9. The number of aromatic nitrogens is 2. The third-order valence-corrected chi connectivity index (χ3v) is 5.20. The molecule has 0 amide bonds.